The summed E-state index contributed by atoms with van der Waals surface area (Å²) in [6.45, 7) is 12.3. The highest BCUT2D eigenvalue weighted by Gasteiger charge is 2.43. The van der Waals surface area contributed by atoms with E-state index in [2.05, 4.69) is 31.0 Å². The molecule has 0 aromatic rings. The summed E-state index contributed by atoms with van der Waals surface area (Å²) in [7, 11) is 0. The summed E-state index contributed by atoms with van der Waals surface area (Å²) < 4.78 is 0. The first-order chi connectivity index (χ1) is 8.81. The van der Waals surface area contributed by atoms with Crippen molar-refractivity contribution in [2.75, 3.05) is 13.1 Å². The first kappa shape index (κ1) is 16.5. The molecule has 1 heterocycles. The Balaban J connectivity index is 2.42. The number of piperazine rings is 1. The molecule has 19 heavy (non-hydrogen) atoms. The summed E-state index contributed by atoms with van der Waals surface area (Å²) >= 11 is 0. The third kappa shape index (κ3) is 4.48. The summed E-state index contributed by atoms with van der Waals surface area (Å²) in [6.07, 6.45) is 7.64. The molecule has 1 rings (SSSR count). The van der Waals surface area contributed by atoms with Crippen molar-refractivity contribution in [1.82, 2.24) is 10.2 Å². The van der Waals surface area contributed by atoms with Gasteiger partial charge in [-0.25, -0.2) is 0 Å². The van der Waals surface area contributed by atoms with Gasteiger partial charge in [-0.05, 0) is 34.1 Å². The van der Waals surface area contributed by atoms with E-state index in [1.807, 2.05) is 13.8 Å². The number of hydrogen-bond acceptors (Lipinski definition) is 2. The van der Waals surface area contributed by atoms with Crippen LogP contribution >= 0.6 is 0 Å². The van der Waals surface area contributed by atoms with Crippen molar-refractivity contribution in [1.29, 1.82) is 0 Å². The third-order valence-corrected chi connectivity index (χ3v) is 4.21. The molecule has 0 saturated carbocycles. The Morgan fingerprint density at radius 3 is 2.26 bits per heavy atom. The van der Waals surface area contributed by atoms with Crippen LogP contribution in [0.3, 0.4) is 0 Å². The highest BCUT2D eigenvalue weighted by Crippen LogP contribution is 2.25. The van der Waals surface area contributed by atoms with Crippen molar-refractivity contribution in [2.45, 2.75) is 84.2 Å². The molecule has 0 aromatic carbocycles. The minimum absolute atomic E-state index is 0.0595. The van der Waals surface area contributed by atoms with Crippen LogP contribution in [0.2, 0.25) is 0 Å². The number of carbonyl (C=O) groups is 1. The molecule has 112 valence electrons. The van der Waals surface area contributed by atoms with Gasteiger partial charge in [0.2, 0.25) is 5.91 Å². The van der Waals surface area contributed by atoms with Gasteiger partial charge in [-0.2, -0.15) is 0 Å². The van der Waals surface area contributed by atoms with Crippen molar-refractivity contribution >= 4 is 5.91 Å². The van der Waals surface area contributed by atoms with E-state index in [4.69, 9.17) is 0 Å². The van der Waals surface area contributed by atoms with Gasteiger partial charge in [-0.1, -0.05) is 39.0 Å². The number of amides is 1. The van der Waals surface area contributed by atoms with E-state index in [1.54, 1.807) is 0 Å². The number of nitrogens with one attached hydrogen (secondary N) is 1. The van der Waals surface area contributed by atoms with Crippen molar-refractivity contribution in [3.8, 4) is 0 Å². The second-order valence-corrected chi connectivity index (χ2v) is 7.02. The predicted molar refractivity (Wildman–Crippen MR) is 81.2 cm³/mol. The van der Waals surface area contributed by atoms with Crippen molar-refractivity contribution in [3.63, 3.8) is 0 Å². The van der Waals surface area contributed by atoms with Gasteiger partial charge in [0.1, 0.15) is 0 Å². The molecule has 1 fully saturated rings. The highest BCUT2D eigenvalue weighted by molar-refractivity contribution is 5.87. The van der Waals surface area contributed by atoms with E-state index in [0.717, 1.165) is 19.5 Å². The van der Waals surface area contributed by atoms with Crippen LogP contribution in [0, 0.1) is 0 Å². The van der Waals surface area contributed by atoms with Crippen LogP contribution in [0.25, 0.3) is 0 Å². The standard InChI is InChI=1S/C16H32N2O/c1-6-7-8-9-10-11-12-18-14(19)16(4,5)17-13-15(18,2)3/h17H,6-13H2,1-5H3. The average Bonchev–Trinajstić information content (AvgIpc) is 2.33. The number of nitrogens with zero attached hydrogens (tertiary/aromatic N) is 1. The molecular formula is C16H32N2O. The minimum atomic E-state index is -0.405. The maximum absolute atomic E-state index is 12.5. The largest absolute Gasteiger partial charge is 0.335 e. The molecule has 1 N–H and O–H groups in total. The molecule has 1 aliphatic rings. The summed E-state index contributed by atoms with van der Waals surface area (Å²) in [5.74, 6) is 0.248. The van der Waals surface area contributed by atoms with Crippen LogP contribution in [-0.4, -0.2) is 35.0 Å². The second-order valence-electron chi connectivity index (χ2n) is 7.02. The van der Waals surface area contributed by atoms with Crippen LogP contribution in [-0.2, 0) is 4.79 Å². The Hall–Kier alpha value is -0.570. The topological polar surface area (TPSA) is 32.3 Å². The fourth-order valence-corrected chi connectivity index (χ4v) is 2.68. The van der Waals surface area contributed by atoms with Crippen molar-refractivity contribution in [2.24, 2.45) is 0 Å². The zero-order chi connectivity index (χ0) is 14.5. The molecule has 0 unspecified atom stereocenters. The first-order valence-corrected chi connectivity index (χ1v) is 7.88. The van der Waals surface area contributed by atoms with E-state index >= 15 is 0 Å². The fourth-order valence-electron chi connectivity index (χ4n) is 2.68. The van der Waals surface area contributed by atoms with E-state index in [-0.39, 0.29) is 11.4 Å². The van der Waals surface area contributed by atoms with E-state index in [9.17, 15) is 4.79 Å². The van der Waals surface area contributed by atoms with E-state index in [0.29, 0.717) is 0 Å². The smallest absolute Gasteiger partial charge is 0.242 e. The Morgan fingerprint density at radius 2 is 1.63 bits per heavy atom. The van der Waals surface area contributed by atoms with Crippen molar-refractivity contribution < 1.29 is 4.79 Å². The molecular weight excluding hydrogens is 236 g/mol. The van der Waals surface area contributed by atoms with Crippen LogP contribution in [0.15, 0.2) is 0 Å². The van der Waals surface area contributed by atoms with Gasteiger partial charge < -0.3 is 10.2 Å². The normalized spacial score (nSPS) is 21.7. The first-order valence-electron chi connectivity index (χ1n) is 7.88. The van der Waals surface area contributed by atoms with Gasteiger partial charge >= 0.3 is 0 Å². The van der Waals surface area contributed by atoms with E-state index in [1.165, 1.54) is 32.1 Å². The SMILES string of the molecule is CCCCCCCCN1C(=O)C(C)(C)NCC1(C)C. The molecule has 0 bridgehead atoms. The van der Waals surface area contributed by atoms with Crippen LogP contribution in [0.1, 0.15) is 73.1 Å². The molecule has 0 aromatic heterocycles. The molecule has 0 spiro atoms. The second kappa shape index (κ2) is 6.74. The minimum Gasteiger partial charge on any atom is -0.335 e. The Kier molecular flexibility index (Phi) is 5.84. The summed E-state index contributed by atoms with van der Waals surface area (Å²) in [5, 5.41) is 3.36. The Bertz CT molecular complexity index is 297. The Morgan fingerprint density at radius 1 is 1.05 bits per heavy atom. The predicted octanol–water partition coefficient (Wildman–Crippen LogP) is 3.34. The maximum Gasteiger partial charge on any atom is 0.242 e. The fraction of sp³-hybridized carbons (Fsp3) is 0.938. The zero-order valence-corrected chi connectivity index (χ0v) is 13.5. The number of carbonyl (C=O) groups excluding carboxylic acids is 1. The quantitative estimate of drug-likeness (QED) is 0.718. The molecule has 0 aliphatic carbocycles. The van der Waals surface area contributed by atoms with Crippen molar-refractivity contribution in [3.05, 3.63) is 0 Å². The maximum atomic E-state index is 12.5. The van der Waals surface area contributed by atoms with Crippen LogP contribution < -0.4 is 5.32 Å². The van der Waals surface area contributed by atoms with Gasteiger partial charge in [0.15, 0.2) is 0 Å². The average molecular weight is 268 g/mol. The lowest BCUT2D eigenvalue weighted by molar-refractivity contribution is -0.147. The molecule has 3 heteroatoms. The number of rotatable bonds is 7. The van der Waals surface area contributed by atoms with Gasteiger partial charge in [0.05, 0.1) is 5.54 Å². The number of hydrogen-bond donors (Lipinski definition) is 1. The monoisotopic (exact) mass is 268 g/mol. The molecule has 1 amide bonds. The van der Waals surface area contributed by atoms with Gasteiger partial charge in [0.25, 0.3) is 0 Å². The molecule has 3 nitrogen and oxygen atoms in total. The number of unbranched alkanes of at least 4 members (excludes halogenated alkanes) is 5. The Labute approximate surface area is 119 Å². The van der Waals surface area contributed by atoms with E-state index < -0.39 is 5.54 Å². The molecule has 1 aliphatic heterocycles. The van der Waals surface area contributed by atoms with Gasteiger partial charge in [-0.3, -0.25) is 4.79 Å². The zero-order valence-electron chi connectivity index (χ0n) is 13.5. The van der Waals surface area contributed by atoms with Gasteiger partial charge in [-0.15, -0.1) is 0 Å². The summed E-state index contributed by atoms with van der Waals surface area (Å²) in [6, 6.07) is 0. The third-order valence-electron chi connectivity index (χ3n) is 4.21. The molecule has 0 radical (unpaired) electrons. The van der Waals surface area contributed by atoms with Crippen LogP contribution in [0.5, 0.6) is 0 Å². The highest BCUT2D eigenvalue weighted by atomic mass is 16.2. The molecule has 1 saturated heterocycles. The lowest BCUT2D eigenvalue weighted by Crippen LogP contribution is -2.69. The molecule has 0 atom stereocenters. The lowest BCUT2D eigenvalue weighted by atomic mass is 9.90. The van der Waals surface area contributed by atoms with Gasteiger partial charge in [0, 0.05) is 18.6 Å². The summed E-state index contributed by atoms with van der Waals surface area (Å²) in [4.78, 5) is 14.6. The summed E-state index contributed by atoms with van der Waals surface area (Å²) in [5.41, 5.74) is -0.465. The lowest BCUT2D eigenvalue weighted by Gasteiger charge is -2.49. The van der Waals surface area contributed by atoms with Crippen LogP contribution in [0.4, 0.5) is 0 Å².